The molecule has 21 heavy (non-hydrogen) atoms. The lowest BCUT2D eigenvalue weighted by molar-refractivity contribution is -0.137. The third kappa shape index (κ3) is 5.75. The van der Waals surface area contributed by atoms with Gasteiger partial charge in [-0.05, 0) is 23.1 Å². The lowest BCUT2D eigenvalue weighted by Gasteiger charge is -2.26. The first-order valence-corrected chi connectivity index (χ1v) is 6.68. The first-order valence-electron chi connectivity index (χ1n) is 6.68. The molecular weight excluding hydrogens is 281 g/mol. The van der Waals surface area contributed by atoms with Gasteiger partial charge in [0.2, 0.25) is 5.91 Å². The van der Waals surface area contributed by atoms with Gasteiger partial charge in [-0.3, -0.25) is 4.79 Å². The number of nitrogens with two attached hydrogens (primary N) is 1. The minimum absolute atomic E-state index is 0.175. The summed E-state index contributed by atoms with van der Waals surface area (Å²) in [5, 5.41) is 2.66. The van der Waals surface area contributed by atoms with Crippen LogP contribution in [0.2, 0.25) is 0 Å². The molecule has 1 aromatic rings. The van der Waals surface area contributed by atoms with E-state index in [1.165, 1.54) is 12.1 Å². The van der Waals surface area contributed by atoms with Crippen LogP contribution in [-0.4, -0.2) is 11.9 Å². The molecule has 3 nitrogen and oxygen atoms in total. The normalized spacial score (nSPS) is 13.9. The molecule has 118 valence electrons. The standard InChI is InChI=1S/C15H21F3N2O/c1-14(2,3)12(19)8-13(21)20-9-10-4-6-11(7-5-10)15(16,17)18/h4-7,12H,8-9,19H2,1-3H3,(H,20,21). The summed E-state index contributed by atoms with van der Waals surface area (Å²) in [4.78, 5) is 11.7. The van der Waals surface area contributed by atoms with Gasteiger partial charge in [0.15, 0.2) is 0 Å². The Kier molecular flexibility index (Phi) is 5.39. The maximum atomic E-state index is 12.4. The average molecular weight is 302 g/mol. The van der Waals surface area contributed by atoms with E-state index in [1.54, 1.807) is 0 Å². The van der Waals surface area contributed by atoms with Crippen molar-refractivity contribution in [3.8, 4) is 0 Å². The van der Waals surface area contributed by atoms with E-state index in [1.807, 2.05) is 20.8 Å². The van der Waals surface area contributed by atoms with Gasteiger partial charge in [0.1, 0.15) is 0 Å². The monoisotopic (exact) mass is 302 g/mol. The molecule has 0 spiro atoms. The summed E-state index contributed by atoms with van der Waals surface area (Å²) >= 11 is 0. The molecule has 0 fully saturated rings. The Morgan fingerprint density at radius 3 is 2.14 bits per heavy atom. The highest BCUT2D eigenvalue weighted by Crippen LogP contribution is 2.29. The largest absolute Gasteiger partial charge is 0.416 e. The Balaban J connectivity index is 2.51. The van der Waals surface area contributed by atoms with Crippen molar-refractivity contribution in [2.45, 2.75) is 46.0 Å². The second kappa shape index (κ2) is 6.47. The van der Waals surface area contributed by atoms with Crippen molar-refractivity contribution in [2.24, 2.45) is 11.1 Å². The van der Waals surface area contributed by atoms with E-state index in [9.17, 15) is 18.0 Å². The molecule has 0 aliphatic rings. The van der Waals surface area contributed by atoms with Crippen LogP contribution in [0.1, 0.15) is 38.3 Å². The van der Waals surface area contributed by atoms with Crippen molar-refractivity contribution in [1.82, 2.24) is 5.32 Å². The van der Waals surface area contributed by atoms with Gasteiger partial charge >= 0.3 is 6.18 Å². The lowest BCUT2D eigenvalue weighted by atomic mass is 9.85. The molecule has 0 aliphatic carbocycles. The quantitative estimate of drug-likeness (QED) is 0.898. The van der Waals surface area contributed by atoms with Crippen LogP contribution in [0, 0.1) is 5.41 Å². The van der Waals surface area contributed by atoms with E-state index < -0.39 is 11.7 Å². The Hall–Kier alpha value is -1.56. The van der Waals surface area contributed by atoms with Gasteiger partial charge in [-0.2, -0.15) is 13.2 Å². The molecule has 3 N–H and O–H groups in total. The third-order valence-electron chi connectivity index (χ3n) is 3.29. The first-order chi connectivity index (χ1) is 9.50. The van der Waals surface area contributed by atoms with E-state index in [0.29, 0.717) is 5.56 Å². The molecule has 0 radical (unpaired) electrons. The van der Waals surface area contributed by atoms with Gasteiger partial charge in [-0.1, -0.05) is 32.9 Å². The van der Waals surface area contributed by atoms with Gasteiger partial charge in [0, 0.05) is 19.0 Å². The number of benzene rings is 1. The van der Waals surface area contributed by atoms with Crippen LogP contribution < -0.4 is 11.1 Å². The number of hydrogen-bond donors (Lipinski definition) is 2. The van der Waals surface area contributed by atoms with Gasteiger partial charge in [0.05, 0.1) is 5.56 Å². The number of hydrogen-bond acceptors (Lipinski definition) is 2. The molecule has 1 aromatic carbocycles. The summed E-state index contributed by atoms with van der Waals surface area (Å²) in [6, 6.07) is 4.44. The van der Waals surface area contributed by atoms with Gasteiger partial charge < -0.3 is 11.1 Å². The Bertz CT molecular complexity index is 475. The predicted molar refractivity (Wildman–Crippen MR) is 75.3 cm³/mol. The summed E-state index contributed by atoms with van der Waals surface area (Å²) in [6.07, 6.45) is -4.16. The van der Waals surface area contributed by atoms with Crippen LogP contribution in [0.4, 0.5) is 13.2 Å². The third-order valence-corrected chi connectivity index (χ3v) is 3.29. The number of halogens is 3. The van der Waals surface area contributed by atoms with E-state index in [2.05, 4.69) is 5.32 Å². The summed E-state index contributed by atoms with van der Waals surface area (Å²) in [5.41, 5.74) is 5.64. The zero-order valence-corrected chi connectivity index (χ0v) is 12.4. The van der Waals surface area contributed by atoms with Crippen LogP contribution in [0.15, 0.2) is 24.3 Å². The molecule has 1 unspecified atom stereocenters. The Morgan fingerprint density at radius 2 is 1.71 bits per heavy atom. The molecule has 6 heteroatoms. The molecule has 1 amide bonds. The van der Waals surface area contributed by atoms with Crippen molar-refractivity contribution in [2.75, 3.05) is 0 Å². The number of amides is 1. The highest BCUT2D eigenvalue weighted by atomic mass is 19.4. The van der Waals surface area contributed by atoms with Crippen LogP contribution in [-0.2, 0) is 17.5 Å². The molecule has 1 rings (SSSR count). The van der Waals surface area contributed by atoms with E-state index in [-0.39, 0.29) is 30.3 Å². The first kappa shape index (κ1) is 17.5. The van der Waals surface area contributed by atoms with E-state index >= 15 is 0 Å². The molecule has 0 aromatic heterocycles. The Labute approximate surface area is 122 Å². The lowest BCUT2D eigenvalue weighted by Crippen LogP contribution is -2.40. The molecular formula is C15H21F3N2O. The SMILES string of the molecule is CC(C)(C)C(N)CC(=O)NCc1ccc(C(F)(F)F)cc1. The highest BCUT2D eigenvalue weighted by molar-refractivity contribution is 5.76. The van der Waals surface area contributed by atoms with Crippen molar-refractivity contribution in [3.05, 3.63) is 35.4 Å². The summed E-state index contributed by atoms with van der Waals surface area (Å²) in [5.74, 6) is -0.211. The van der Waals surface area contributed by atoms with Gasteiger partial charge in [0.25, 0.3) is 0 Å². The number of carbonyl (C=O) groups is 1. The molecule has 0 bridgehead atoms. The molecule has 0 saturated carbocycles. The fraction of sp³-hybridized carbons (Fsp3) is 0.533. The number of nitrogens with one attached hydrogen (secondary N) is 1. The highest BCUT2D eigenvalue weighted by Gasteiger charge is 2.30. The summed E-state index contributed by atoms with van der Waals surface area (Å²) in [7, 11) is 0. The van der Waals surface area contributed by atoms with Crippen LogP contribution >= 0.6 is 0 Å². The topological polar surface area (TPSA) is 55.1 Å². The molecule has 0 saturated heterocycles. The van der Waals surface area contributed by atoms with Crippen molar-refractivity contribution in [1.29, 1.82) is 0 Å². The maximum Gasteiger partial charge on any atom is 0.416 e. The molecule has 0 heterocycles. The van der Waals surface area contributed by atoms with Crippen LogP contribution in [0.3, 0.4) is 0 Å². The minimum atomic E-state index is -4.35. The van der Waals surface area contributed by atoms with E-state index in [4.69, 9.17) is 5.73 Å². The second-order valence-corrected chi connectivity index (χ2v) is 6.15. The second-order valence-electron chi connectivity index (χ2n) is 6.15. The van der Waals surface area contributed by atoms with Crippen molar-refractivity contribution in [3.63, 3.8) is 0 Å². The van der Waals surface area contributed by atoms with Crippen LogP contribution in [0.25, 0.3) is 0 Å². The fourth-order valence-electron chi connectivity index (χ4n) is 1.59. The summed E-state index contributed by atoms with van der Waals surface area (Å²) < 4.78 is 37.2. The van der Waals surface area contributed by atoms with Crippen molar-refractivity contribution >= 4 is 5.91 Å². The molecule has 0 aliphatic heterocycles. The number of rotatable bonds is 4. The van der Waals surface area contributed by atoms with Gasteiger partial charge in [-0.15, -0.1) is 0 Å². The summed E-state index contributed by atoms with van der Waals surface area (Å²) in [6.45, 7) is 6.02. The minimum Gasteiger partial charge on any atom is -0.352 e. The molecule has 1 atom stereocenters. The van der Waals surface area contributed by atoms with Crippen LogP contribution in [0.5, 0.6) is 0 Å². The maximum absolute atomic E-state index is 12.4. The Morgan fingerprint density at radius 1 is 1.19 bits per heavy atom. The predicted octanol–water partition coefficient (Wildman–Crippen LogP) is 3.09. The smallest absolute Gasteiger partial charge is 0.352 e. The van der Waals surface area contributed by atoms with Crippen molar-refractivity contribution < 1.29 is 18.0 Å². The number of alkyl halides is 3. The zero-order valence-electron chi connectivity index (χ0n) is 12.4. The van der Waals surface area contributed by atoms with Gasteiger partial charge in [-0.25, -0.2) is 0 Å². The average Bonchev–Trinajstić information content (AvgIpc) is 2.34. The number of carbonyl (C=O) groups excluding carboxylic acids is 1. The van der Waals surface area contributed by atoms with E-state index in [0.717, 1.165) is 12.1 Å². The zero-order chi connectivity index (χ0) is 16.3. The fourth-order valence-corrected chi connectivity index (χ4v) is 1.59.